The number of rotatable bonds is 15. The van der Waals surface area contributed by atoms with Gasteiger partial charge in [0.25, 0.3) is 5.91 Å². The molecule has 0 bridgehead atoms. The van der Waals surface area contributed by atoms with Crippen LogP contribution in [0.2, 0.25) is 0 Å². The Morgan fingerprint density at radius 3 is 1.98 bits per heavy atom. The number of carbonyl (C=O) groups excluding carboxylic acids is 1. The number of carbonyl (C=O) groups is 1. The van der Waals surface area contributed by atoms with E-state index in [0.717, 1.165) is 61.1 Å². The third-order valence-electron chi connectivity index (χ3n) is 8.96. The molecule has 6 rings (SSSR count). The Balaban J connectivity index is 1.11. The molecule has 1 amide bonds. The summed E-state index contributed by atoms with van der Waals surface area (Å²) in [6.07, 6.45) is 6.94. The second kappa shape index (κ2) is 15.4. The SMILES string of the molecule is COc1cc2c(cc1OCCCCCOc1cc(-c3cc(OC)c(OC)c(OC)c3)c(C3=NOCC3)cc1OC)N=C[C@@H]1CCCN1C2=O. The monoisotopic (exact) mass is 673 g/mol. The highest BCUT2D eigenvalue weighted by molar-refractivity contribution is 6.07. The summed E-state index contributed by atoms with van der Waals surface area (Å²) in [7, 11) is 7.96. The fourth-order valence-corrected chi connectivity index (χ4v) is 6.41. The first kappa shape index (κ1) is 33.8. The lowest BCUT2D eigenvalue weighted by Crippen LogP contribution is -2.35. The average molecular weight is 674 g/mol. The first-order valence-electron chi connectivity index (χ1n) is 16.5. The third kappa shape index (κ3) is 7.04. The molecule has 3 aliphatic heterocycles. The van der Waals surface area contributed by atoms with Gasteiger partial charge < -0.3 is 42.9 Å². The highest BCUT2D eigenvalue weighted by atomic mass is 16.6. The molecule has 1 saturated heterocycles. The van der Waals surface area contributed by atoms with Crippen LogP contribution in [0, 0.1) is 0 Å². The third-order valence-corrected chi connectivity index (χ3v) is 8.96. The van der Waals surface area contributed by atoms with Crippen LogP contribution in [-0.4, -0.2) is 90.7 Å². The molecule has 3 aromatic carbocycles. The van der Waals surface area contributed by atoms with Crippen LogP contribution in [0.5, 0.6) is 40.2 Å². The van der Waals surface area contributed by atoms with Crippen LogP contribution < -0.4 is 33.2 Å². The lowest BCUT2D eigenvalue weighted by atomic mass is 9.94. The molecular formula is C37H43N3O9. The molecule has 3 heterocycles. The second-order valence-electron chi connectivity index (χ2n) is 11.8. The van der Waals surface area contributed by atoms with Crippen molar-refractivity contribution in [3.05, 3.63) is 47.5 Å². The number of ether oxygens (including phenoxy) is 7. The van der Waals surface area contributed by atoms with Gasteiger partial charge in [-0.05, 0) is 73.6 Å². The Morgan fingerprint density at radius 2 is 1.37 bits per heavy atom. The van der Waals surface area contributed by atoms with E-state index in [1.165, 1.54) is 0 Å². The number of hydrogen-bond donors (Lipinski definition) is 0. The standard InChI is InChI=1S/C37H43N3O9/c1-42-30-19-26(28-11-15-49-39-28)25(23-16-34(44-3)36(46-5)35(17-23)45-4)18-32(30)47-13-7-6-8-14-48-33-21-29-27(20-31(33)43-2)37(41)40-12-9-10-24(40)22-38-29/h16-22,24H,6-15H2,1-5H3/t24-/m0/s1. The second-order valence-corrected chi connectivity index (χ2v) is 11.8. The van der Waals surface area contributed by atoms with Gasteiger partial charge in [0.15, 0.2) is 34.5 Å². The van der Waals surface area contributed by atoms with Crippen molar-refractivity contribution in [2.45, 2.75) is 44.6 Å². The predicted molar refractivity (Wildman–Crippen MR) is 185 cm³/mol. The topological polar surface area (TPSA) is 119 Å². The van der Waals surface area contributed by atoms with Gasteiger partial charge in [-0.3, -0.25) is 9.79 Å². The summed E-state index contributed by atoms with van der Waals surface area (Å²) in [6.45, 7) is 2.22. The van der Waals surface area contributed by atoms with Crippen molar-refractivity contribution in [1.82, 2.24) is 4.90 Å². The molecule has 0 saturated carbocycles. The molecule has 0 aliphatic carbocycles. The Bertz CT molecular complexity index is 1710. The summed E-state index contributed by atoms with van der Waals surface area (Å²) in [5.74, 6) is 3.88. The molecule has 0 spiro atoms. The van der Waals surface area contributed by atoms with Gasteiger partial charge in [0, 0.05) is 30.8 Å². The molecule has 12 nitrogen and oxygen atoms in total. The van der Waals surface area contributed by atoms with Gasteiger partial charge in [0.05, 0.1) is 71.8 Å². The first-order valence-corrected chi connectivity index (χ1v) is 16.5. The first-order chi connectivity index (χ1) is 24.0. The van der Waals surface area contributed by atoms with Crippen LogP contribution in [0.4, 0.5) is 5.69 Å². The van der Waals surface area contributed by atoms with E-state index in [0.29, 0.717) is 77.7 Å². The van der Waals surface area contributed by atoms with Gasteiger partial charge in [-0.15, -0.1) is 0 Å². The largest absolute Gasteiger partial charge is 0.493 e. The van der Waals surface area contributed by atoms with Crippen LogP contribution >= 0.6 is 0 Å². The Morgan fingerprint density at radius 1 is 0.735 bits per heavy atom. The van der Waals surface area contributed by atoms with Gasteiger partial charge in [-0.2, -0.15) is 0 Å². The van der Waals surface area contributed by atoms with Crippen LogP contribution in [0.3, 0.4) is 0 Å². The summed E-state index contributed by atoms with van der Waals surface area (Å²) in [5, 5.41) is 4.28. The minimum atomic E-state index is -0.0111. The minimum Gasteiger partial charge on any atom is -0.493 e. The Kier molecular flexibility index (Phi) is 10.6. The van der Waals surface area contributed by atoms with Crippen molar-refractivity contribution in [2.24, 2.45) is 10.1 Å². The lowest BCUT2D eigenvalue weighted by Gasteiger charge is -2.20. The zero-order valence-electron chi connectivity index (χ0n) is 28.7. The molecule has 260 valence electrons. The number of aliphatic imine (C=N–C) groups is 1. The zero-order valence-corrected chi connectivity index (χ0v) is 28.7. The van der Waals surface area contributed by atoms with Crippen molar-refractivity contribution < 1.29 is 42.8 Å². The van der Waals surface area contributed by atoms with Crippen molar-refractivity contribution in [1.29, 1.82) is 0 Å². The highest BCUT2D eigenvalue weighted by Crippen LogP contribution is 2.45. The number of fused-ring (bicyclic) bond motifs is 2. The van der Waals surface area contributed by atoms with Gasteiger partial charge in [-0.25, -0.2) is 0 Å². The van der Waals surface area contributed by atoms with Gasteiger partial charge in [-0.1, -0.05) is 5.16 Å². The number of hydrogen-bond acceptors (Lipinski definition) is 11. The van der Waals surface area contributed by atoms with E-state index < -0.39 is 0 Å². The molecular weight excluding hydrogens is 630 g/mol. The van der Waals surface area contributed by atoms with Crippen LogP contribution in [0.25, 0.3) is 11.1 Å². The zero-order chi connectivity index (χ0) is 34.3. The van der Waals surface area contributed by atoms with Crippen LogP contribution in [-0.2, 0) is 4.84 Å². The molecule has 0 radical (unpaired) electrons. The Hall–Kier alpha value is -5.13. The van der Waals surface area contributed by atoms with E-state index in [4.69, 9.17) is 38.0 Å². The van der Waals surface area contributed by atoms with Crippen molar-refractivity contribution in [3.8, 4) is 51.4 Å². The number of nitrogens with zero attached hydrogens (tertiary/aromatic N) is 3. The fraction of sp³-hybridized carbons (Fsp3) is 0.432. The van der Waals surface area contributed by atoms with E-state index >= 15 is 0 Å². The van der Waals surface area contributed by atoms with Crippen molar-refractivity contribution in [3.63, 3.8) is 0 Å². The predicted octanol–water partition coefficient (Wildman–Crippen LogP) is 6.47. The molecule has 49 heavy (non-hydrogen) atoms. The number of amides is 1. The minimum absolute atomic E-state index is 0.0111. The smallest absolute Gasteiger partial charge is 0.256 e. The quantitative estimate of drug-likeness (QED) is 0.167. The molecule has 12 heteroatoms. The number of unbranched alkanes of at least 4 members (excludes halogenated alkanes) is 2. The van der Waals surface area contributed by atoms with Gasteiger partial charge >= 0.3 is 0 Å². The maximum absolute atomic E-state index is 13.1. The number of oxime groups is 1. The fourth-order valence-electron chi connectivity index (χ4n) is 6.41. The van der Waals surface area contributed by atoms with Crippen molar-refractivity contribution >= 4 is 23.5 Å². The molecule has 3 aliphatic rings. The average Bonchev–Trinajstić information content (AvgIpc) is 3.83. The molecule has 0 unspecified atom stereocenters. The van der Waals surface area contributed by atoms with Gasteiger partial charge in [0.2, 0.25) is 5.75 Å². The molecule has 1 atom stereocenters. The Labute approximate surface area is 286 Å². The lowest BCUT2D eigenvalue weighted by molar-refractivity contribution is 0.0774. The maximum atomic E-state index is 13.1. The molecule has 0 aromatic heterocycles. The molecule has 1 fully saturated rings. The van der Waals surface area contributed by atoms with Gasteiger partial charge in [0.1, 0.15) is 6.61 Å². The summed E-state index contributed by atoms with van der Waals surface area (Å²) in [6, 6.07) is 11.3. The molecule has 3 aromatic rings. The van der Waals surface area contributed by atoms with Crippen molar-refractivity contribution in [2.75, 3.05) is 61.9 Å². The summed E-state index contributed by atoms with van der Waals surface area (Å²) >= 11 is 0. The van der Waals surface area contributed by atoms with E-state index in [2.05, 4.69) is 10.1 Å². The number of methoxy groups -OCH3 is 5. The van der Waals surface area contributed by atoms with Crippen LogP contribution in [0.15, 0.2) is 46.5 Å². The van der Waals surface area contributed by atoms with E-state index in [1.54, 1.807) is 47.7 Å². The summed E-state index contributed by atoms with van der Waals surface area (Å²) in [4.78, 5) is 25.0. The number of benzene rings is 3. The molecule has 0 N–H and O–H groups in total. The summed E-state index contributed by atoms with van der Waals surface area (Å²) < 4.78 is 40.5. The van der Waals surface area contributed by atoms with E-state index in [9.17, 15) is 4.79 Å². The maximum Gasteiger partial charge on any atom is 0.256 e. The highest BCUT2D eigenvalue weighted by Gasteiger charge is 2.32. The summed E-state index contributed by atoms with van der Waals surface area (Å²) in [5.41, 5.74) is 4.56. The normalized spacial score (nSPS) is 16.3. The van der Waals surface area contributed by atoms with Crippen LogP contribution in [0.1, 0.15) is 54.4 Å². The van der Waals surface area contributed by atoms with E-state index in [1.807, 2.05) is 35.4 Å². The van der Waals surface area contributed by atoms with E-state index in [-0.39, 0.29) is 11.9 Å².